The Kier molecular flexibility index (Phi) is 10.3. The second-order valence-corrected chi connectivity index (χ2v) is 8.69. The molecule has 0 aliphatic carbocycles. The number of aliphatic carboxylic acids is 1. The van der Waals surface area contributed by atoms with E-state index in [-0.39, 0.29) is 30.4 Å². The Bertz CT molecular complexity index is 368. The molecular formula is C13H25O5PS. The van der Waals surface area contributed by atoms with Crippen LogP contribution in [0.1, 0.15) is 26.7 Å². The summed E-state index contributed by atoms with van der Waals surface area (Å²) < 4.78 is 11.9. The summed E-state index contributed by atoms with van der Waals surface area (Å²) >= 11 is 1.60. The monoisotopic (exact) mass is 324 g/mol. The van der Waals surface area contributed by atoms with Gasteiger partial charge in [-0.3, -0.25) is 4.57 Å². The third-order valence-corrected chi connectivity index (χ3v) is 5.65. The molecule has 0 aliphatic heterocycles. The van der Waals surface area contributed by atoms with Gasteiger partial charge >= 0.3 is 5.97 Å². The first kappa shape index (κ1) is 19.7. The third-order valence-electron chi connectivity index (χ3n) is 2.46. The summed E-state index contributed by atoms with van der Waals surface area (Å²) in [7, 11) is -3.41. The van der Waals surface area contributed by atoms with Gasteiger partial charge in [-0.2, -0.15) is 11.8 Å². The molecule has 0 aromatic heterocycles. The number of hydrogen-bond acceptors (Lipinski definition) is 4. The maximum Gasteiger partial charge on any atom is 0.331 e. The van der Waals surface area contributed by atoms with Gasteiger partial charge < -0.3 is 15.1 Å². The van der Waals surface area contributed by atoms with Crippen LogP contribution in [0.25, 0.3) is 0 Å². The van der Waals surface area contributed by atoms with Gasteiger partial charge in [0.15, 0.2) is 0 Å². The van der Waals surface area contributed by atoms with E-state index in [9.17, 15) is 14.3 Å². The molecule has 0 radical (unpaired) electrons. The number of carbonyl (C=O) groups is 1. The topological polar surface area (TPSA) is 94.8 Å². The molecule has 0 amide bonds. The molecule has 0 aromatic carbocycles. The molecule has 7 heteroatoms. The van der Waals surface area contributed by atoms with E-state index in [1.54, 1.807) is 17.8 Å². The Balaban J connectivity index is 4.35. The Hall–Kier alpha value is -0.290. The summed E-state index contributed by atoms with van der Waals surface area (Å²) in [5, 5.41) is 17.7. The number of carboxylic acid groups (broad SMARTS) is 1. The molecule has 0 fully saturated rings. The van der Waals surface area contributed by atoms with Crippen molar-refractivity contribution in [3.63, 3.8) is 0 Å². The highest BCUT2D eigenvalue weighted by Crippen LogP contribution is 2.44. The molecule has 5 nitrogen and oxygen atoms in total. The van der Waals surface area contributed by atoms with Crippen molar-refractivity contribution in [2.75, 3.05) is 30.4 Å². The maximum atomic E-state index is 11.9. The van der Waals surface area contributed by atoms with Crippen LogP contribution < -0.4 is 0 Å². The van der Waals surface area contributed by atoms with Gasteiger partial charge in [-0.05, 0) is 24.5 Å². The summed E-state index contributed by atoms with van der Waals surface area (Å²) in [5.74, 6) is 0.462. The van der Waals surface area contributed by atoms with Gasteiger partial charge in [0, 0.05) is 17.5 Å². The predicted molar refractivity (Wildman–Crippen MR) is 83.8 cm³/mol. The van der Waals surface area contributed by atoms with Gasteiger partial charge in [0.2, 0.25) is 7.37 Å². The fourth-order valence-electron chi connectivity index (χ4n) is 1.75. The zero-order valence-corrected chi connectivity index (χ0v) is 13.8. The largest absolute Gasteiger partial charge is 0.478 e. The molecule has 1 unspecified atom stereocenters. The molecule has 0 aliphatic rings. The van der Waals surface area contributed by atoms with Gasteiger partial charge in [-0.15, -0.1) is 0 Å². The van der Waals surface area contributed by atoms with E-state index in [2.05, 4.69) is 0 Å². The van der Waals surface area contributed by atoms with Crippen LogP contribution in [0, 0.1) is 5.92 Å². The van der Waals surface area contributed by atoms with Crippen molar-refractivity contribution in [1.82, 2.24) is 0 Å². The van der Waals surface area contributed by atoms with E-state index >= 15 is 0 Å². The molecule has 20 heavy (non-hydrogen) atoms. The summed E-state index contributed by atoms with van der Waals surface area (Å²) in [6.45, 7) is 3.82. The van der Waals surface area contributed by atoms with Crippen molar-refractivity contribution < 1.29 is 24.5 Å². The first-order valence-corrected chi connectivity index (χ1v) is 9.88. The predicted octanol–water partition coefficient (Wildman–Crippen LogP) is 2.43. The average Bonchev–Trinajstić information content (AvgIpc) is 2.30. The van der Waals surface area contributed by atoms with Gasteiger partial charge in [-0.1, -0.05) is 19.9 Å². The molecule has 0 bridgehead atoms. The van der Waals surface area contributed by atoms with Gasteiger partial charge in [0.25, 0.3) is 0 Å². The minimum atomic E-state index is -3.41. The van der Waals surface area contributed by atoms with Gasteiger partial charge in [-0.25, -0.2) is 4.79 Å². The molecule has 0 saturated heterocycles. The first-order chi connectivity index (χ1) is 9.28. The van der Waals surface area contributed by atoms with Crippen LogP contribution in [0.5, 0.6) is 0 Å². The van der Waals surface area contributed by atoms with Crippen molar-refractivity contribution in [2.24, 2.45) is 5.92 Å². The molecule has 118 valence electrons. The SMILES string of the molecule is CC(C)CP(=O)(O)C/C(=C\CCCSCCO)C(=O)O. The highest BCUT2D eigenvalue weighted by atomic mass is 32.2. The minimum Gasteiger partial charge on any atom is -0.478 e. The molecule has 0 spiro atoms. The summed E-state index contributed by atoms with van der Waals surface area (Å²) in [4.78, 5) is 20.9. The average molecular weight is 324 g/mol. The highest BCUT2D eigenvalue weighted by molar-refractivity contribution is 7.99. The van der Waals surface area contributed by atoms with E-state index in [0.717, 1.165) is 12.2 Å². The Labute approximate surface area is 124 Å². The van der Waals surface area contributed by atoms with Crippen molar-refractivity contribution in [3.05, 3.63) is 11.6 Å². The van der Waals surface area contributed by atoms with E-state index in [4.69, 9.17) is 10.2 Å². The fourth-order valence-corrected chi connectivity index (χ4v) is 4.52. The van der Waals surface area contributed by atoms with Crippen LogP contribution in [-0.4, -0.2) is 51.5 Å². The minimum absolute atomic E-state index is 0.0311. The highest BCUT2D eigenvalue weighted by Gasteiger charge is 2.24. The lowest BCUT2D eigenvalue weighted by Gasteiger charge is -2.14. The van der Waals surface area contributed by atoms with E-state index < -0.39 is 13.3 Å². The van der Waals surface area contributed by atoms with Crippen molar-refractivity contribution >= 4 is 25.1 Å². The zero-order valence-electron chi connectivity index (χ0n) is 12.1. The van der Waals surface area contributed by atoms with Crippen LogP contribution in [0.2, 0.25) is 0 Å². The Morgan fingerprint density at radius 2 is 2.00 bits per heavy atom. The lowest BCUT2D eigenvalue weighted by Crippen LogP contribution is -2.09. The normalized spacial score (nSPS) is 15.3. The van der Waals surface area contributed by atoms with Gasteiger partial charge in [0.1, 0.15) is 0 Å². The lowest BCUT2D eigenvalue weighted by molar-refractivity contribution is -0.132. The quantitative estimate of drug-likeness (QED) is 0.307. The second kappa shape index (κ2) is 10.4. The van der Waals surface area contributed by atoms with Crippen LogP contribution in [0.15, 0.2) is 11.6 Å². The van der Waals surface area contributed by atoms with Crippen LogP contribution in [0.3, 0.4) is 0 Å². The Morgan fingerprint density at radius 3 is 2.50 bits per heavy atom. The third kappa shape index (κ3) is 10.5. The molecular weight excluding hydrogens is 299 g/mol. The first-order valence-electron chi connectivity index (χ1n) is 6.70. The van der Waals surface area contributed by atoms with E-state index in [0.29, 0.717) is 12.2 Å². The molecule has 3 N–H and O–H groups in total. The molecule has 0 heterocycles. The van der Waals surface area contributed by atoms with Crippen LogP contribution in [0.4, 0.5) is 0 Å². The number of hydrogen-bond donors (Lipinski definition) is 3. The Morgan fingerprint density at radius 1 is 1.35 bits per heavy atom. The lowest BCUT2D eigenvalue weighted by atomic mass is 10.2. The smallest absolute Gasteiger partial charge is 0.331 e. The molecule has 0 aromatic rings. The second-order valence-electron chi connectivity index (χ2n) is 5.09. The van der Waals surface area contributed by atoms with Crippen molar-refractivity contribution in [2.45, 2.75) is 26.7 Å². The number of rotatable bonds is 11. The standard InChI is InChI=1S/C13H25O5PS/c1-11(2)9-19(17,18)10-12(13(15)16)5-3-4-7-20-8-6-14/h5,11,14H,3-4,6-10H2,1-2H3,(H,15,16)(H,17,18)/b12-5+. The van der Waals surface area contributed by atoms with E-state index in [1.165, 1.54) is 0 Å². The number of allylic oxidation sites excluding steroid dienone is 1. The van der Waals surface area contributed by atoms with Crippen LogP contribution in [-0.2, 0) is 9.36 Å². The maximum absolute atomic E-state index is 11.9. The fraction of sp³-hybridized carbons (Fsp3) is 0.769. The number of thioether (sulfide) groups is 1. The van der Waals surface area contributed by atoms with Crippen LogP contribution >= 0.6 is 19.1 Å². The molecule has 1 atom stereocenters. The summed E-state index contributed by atoms with van der Waals surface area (Å²) in [6, 6.07) is 0. The summed E-state index contributed by atoms with van der Waals surface area (Å²) in [6.07, 6.45) is 2.79. The van der Waals surface area contributed by atoms with Gasteiger partial charge in [0.05, 0.1) is 12.8 Å². The number of unbranched alkanes of at least 4 members (excludes halogenated alkanes) is 1. The number of aliphatic hydroxyl groups is 1. The van der Waals surface area contributed by atoms with Crippen molar-refractivity contribution in [1.29, 1.82) is 0 Å². The molecule has 0 saturated carbocycles. The number of carboxylic acids is 1. The van der Waals surface area contributed by atoms with E-state index in [1.807, 2.05) is 13.8 Å². The number of aliphatic hydroxyl groups excluding tert-OH is 1. The zero-order chi connectivity index (χ0) is 15.6. The van der Waals surface area contributed by atoms with Crippen molar-refractivity contribution in [3.8, 4) is 0 Å². The summed E-state index contributed by atoms with van der Waals surface area (Å²) in [5.41, 5.74) is 0.0311. The molecule has 0 rings (SSSR count).